The molecule has 1 aliphatic heterocycles. The van der Waals surface area contributed by atoms with Crippen LogP contribution in [0.3, 0.4) is 0 Å². The first-order valence-corrected chi connectivity index (χ1v) is 7.22. The van der Waals surface area contributed by atoms with Gasteiger partial charge < -0.3 is 10.4 Å². The molecule has 2 unspecified atom stereocenters. The van der Waals surface area contributed by atoms with Crippen LogP contribution in [-0.2, 0) is 0 Å². The molecule has 0 aromatic heterocycles. The molecular formula is C15H21F3N2O. The van der Waals surface area contributed by atoms with Gasteiger partial charge in [-0.15, -0.1) is 0 Å². The Kier molecular flexibility index (Phi) is 5.61. The minimum absolute atomic E-state index is 0.0112. The van der Waals surface area contributed by atoms with Crippen LogP contribution in [0.5, 0.6) is 0 Å². The second-order valence-corrected chi connectivity index (χ2v) is 5.37. The van der Waals surface area contributed by atoms with E-state index in [1.54, 1.807) is 18.2 Å². The van der Waals surface area contributed by atoms with Crippen molar-refractivity contribution in [2.24, 2.45) is 0 Å². The maximum atomic E-state index is 13.5. The molecule has 2 atom stereocenters. The smallest absolute Gasteiger partial charge is 0.395 e. The van der Waals surface area contributed by atoms with Crippen LogP contribution in [-0.4, -0.2) is 48.5 Å². The molecule has 0 aliphatic carbocycles. The number of alkyl halides is 3. The zero-order valence-electron chi connectivity index (χ0n) is 11.8. The van der Waals surface area contributed by atoms with Gasteiger partial charge in [0.05, 0.1) is 6.61 Å². The van der Waals surface area contributed by atoms with Gasteiger partial charge in [0.15, 0.2) is 0 Å². The number of aliphatic hydroxyl groups is 1. The van der Waals surface area contributed by atoms with E-state index < -0.39 is 12.2 Å². The van der Waals surface area contributed by atoms with Crippen molar-refractivity contribution in [2.45, 2.75) is 31.1 Å². The Morgan fingerprint density at radius 2 is 2.00 bits per heavy atom. The fraction of sp³-hybridized carbons (Fsp3) is 0.600. The molecule has 0 bridgehead atoms. The molecule has 2 N–H and O–H groups in total. The van der Waals surface area contributed by atoms with E-state index in [9.17, 15) is 13.2 Å². The first kappa shape index (κ1) is 16.3. The number of nitrogens with one attached hydrogen (secondary N) is 1. The normalized spacial score (nSPS) is 20.9. The number of hydrogen-bond donors (Lipinski definition) is 2. The summed E-state index contributed by atoms with van der Waals surface area (Å²) in [6.45, 7) is 0.864. The summed E-state index contributed by atoms with van der Waals surface area (Å²) in [5.41, 5.74) is 0.219. The summed E-state index contributed by atoms with van der Waals surface area (Å²) >= 11 is 0. The molecule has 0 amide bonds. The summed E-state index contributed by atoms with van der Waals surface area (Å²) in [7, 11) is 0. The summed E-state index contributed by atoms with van der Waals surface area (Å²) in [6, 6.07) is 6.29. The van der Waals surface area contributed by atoms with Gasteiger partial charge in [-0.05, 0) is 24.9 Å². The Morgan fingerprint density at radius 1 is 1.29 bits per heavy atom. The molecule has 1 aromatic rings. The van der Waals surface area contributed by atoms with Crippen LogP contribution >= 0.6 is 0 Å². The SMILES string of the molecule is OCCN(CC1CCCN1)C(c1ccccc1)C(F)(F)F. The number of halogens is 3. The van der Waals surface area contributed by atoms with Crippen LogP contribution in [0.4, 0.5) is 13.2 Å². The predicted molar refractivity (Wildman–Crippen MR) is 74.9 cm³/mol. The van der Waals surface area contributed by atoms with Crippen molar-refractivity contribution in [1.82, 2.24) is 10.2 Å². The summed E-state index contributed by atoms with van der Waals surface area (Å²) in [4.78, 5) is 1.33. The van der Waals surface area contributed by atoms with Gasteiger partial charge in [0.25, 0.3) is 0 Å². The van der Waals surface area contributed by atoms with Crippen molar-refractivity contribution in [3.05, 3.63) is 35.9 Å². The lowest BCUT2D eigenvalue weighted by Crippen LogP contribution is -2.45. The first-order valence-electron chi connectivity index (χ1n) is 7.22. The molecule has 0 saturated carbocycles. The molecular weight excluding hydrogens is 281 g/mol. The largest absolute Gasteiger partial charge is 0.408 e. The van der Waals surface area contributed by atoms with Gasteiger partial charge in [-0.1, -0.05) is 30.3 Å². The lowest BCUT2D eigenvalue weighted by atomic mass is 10.0. The fourth-order valence-corrected chi connectivity index (χ4v) is 2.89. The monoisotopic (exact) mass is 302 g/mol. The lowest BCUT2D eigenvalue weighted by Gasteiger charge is -2.34. The standard InChI is InChI=1S/C15H21F3N2O/c16-15(17,18)14(12-5-2-1-3-6-12)20(9-10-21)11-13-7-4-8-19-13/h1-3,5-6,13-14,19,21H,4,7-11H2. The number of aliphatic hydroxyl groups excluding tert-OH is 1. The minimum Gasteiger partial charge on any atom is -0.395 e. The van der Waals surface area contributed by atoms with Gasteiger partial charge in [-0.3, -0.25) is 4.90 Å². The van der Waals surface area contributed by atoms with Crippen molar-refractivity contribution in [2.75, 3.05) is 26.2 Å². The van der Waals surface area contributed by atoms with E-state index in [-0.39, 0.29) is 24.8 Å². The molecule has 1 fully saturated rings. The molecule has 1 aromatic carbocycles. The maximum absolute atomic E-state index is 13.5. The zero-order chi connectivity index (χ0) is 15.3. The summed E-state index contributed by atoms with van der Waals surface area (Å²) in [5, 5.41) is 12.4. The van der Waals surface area contributed by atoms with Crippen LogP contribution in [0.25, 0.3) is 0 Å². The Balaban J connectivity index is 2.22. The molecule has 21 heavy (non-hydrogen) atoms. The van der Waals surface area contributed by atoms with Crippen molar-refractivity contribution in [1.29, 1.82) is 0 Å². The zero-order valence-corrected chi connectivity index (χ0v) is 11.8. The highest BCUT2D eigenvalue weighted by Crippen LogP contribution is 2.37. The predicted octanol–water partition coefficient (Wildman–Crippen LogP) is 2.34. The van der Waals surface area contributed by atoms with Crippen LogP contribution in [0.2, 0.25) is 0 Å². The van der Waals surface area contributed by atoms with Crippen molar-refractivity contribution in [3.63, 3.8) is 0 Å². The van der Waals surface area contributed by atoms with Crippen LogP contribution < -0.4 is 5.32 Å². The second-order valence-electron chi connectivity index (χ2n) is 5.37. The van der Waals surface area contributed by atoms with Crippen LogP contribution in [0.15, 0.2) is 30.3 Å². The van der Waals surface area contributed by atoms with Crippen molar-refractivity contribution < 1.29 is 18.3 Å². The van der Waals surface area contributed by atoms with E-state index in [4.69, 9.17) is 5.11 Å². The topological polar surface area (TPSA) is 35.5 Å². The summed E-state index contributed by atoms with van der Waals surface area (Å²) in [6.07, 6.45) is -2.50. The Labute approximate surface area is 122 Å². The molecule has 6 heteroatoms. The maximum Gasteiger partial charge on any atom is 0.408 e. The number of rotatable bonds is 6. The quantitative estimate of drug-likeness (QED) is 0.846. The number of nitrogens with zero attached hydrogens (tertiary/aromatic N) is 1. The van der Waals surface area contributed by atoms with E-state index in [1.807, 2.05) is 0 Å². The Hall–Kier alpha value is -1.11. The molecule has 0 radical (unpaired) electrons. The van der Waals surface area contributed by atoms with Gasteiger partial charge in [-0.25, -0.2) is 0 Å². The molecule has 118 valence electrons. The average Bonchev–Trinajstić information content (AvgIpc) is 2.92. The Morgan fingerprint density at radius 3 is 2.52 bits per heavy atom. The van der Waals surface area contributed by atoms with Crippen molar-refractivity contribution >= 4 is 0 Å². The van der Waals surface area contributed by atoms with Gasteiger partial charge in [0, 0.05) is 19.1 Å². The second kappa shape index (κ2) is 7.24. The van der Waals surface area contributed by atoms with Crippen LogP contribution in [0.1, 0.15) is 24.4 Å². The van der Waals surface area contributed by atoms with E-state index in [1.165, 1.54) is 17.0 Å². The Bertz CT molecular complexity index is 419. The highest BCUT2D eigenvalue weighted by molar-refractivity contribution is 5.20. The van der Waals surface area contributed by atoms with E-state index in [0.29, 0.717) is 6.54 Å². The van der Waals surface area contributed by atoms with Gasteiger partial charge >= 0.3 is 6.18 Å². The highest BCUT2D eigenvalue weighted by Gasteiger charge is 2.45. The van der Waals surface area contributed by atoms with E-state index in [2.05, 4.69) is 5.32 Å². The molecule has 1 heterocycles. The molecule has 1 aliphatic rings. The fourth-order valence-electron chi connectivity index (χ4n) is 2.89. The lowest BCUT2D eigenvalue weighted by molar-refractivity contribution is -0.188. The van der Waals surface area contributed by atoms with Crippen LogP contribution in [0, 0.1) is 0 Å². The van der Waals surface area contributed by atoms with Gasteiger partial charge in [-0.2, -0.15) is 13.2 Å². The molecule has 3 nitrogen and oxygen atoms in total. The number of hydrogen-bond acceptors (Lipinski definition) is 3. The van der Waals surface area contributed by atoms with Gasteiger partial charge in [0.1, 0.15) is 6.04 Å². The van der Waals surface area contributed by atoms with E-state index >= 15 is 0 Å². The highest BCUT2D eigenvalue weighted by atomic mass is 19.4. The average molecular weight is 302 g/mol. The third-order valence-corrected chi connectivity index (χ3v) is 3.79. The van der Waals surface area contributed by atoms with E-state index in [0.717, 1.165) is 19.4 Å². The third-order valence-electron chi connectivity index (χ3n) is 3.79. The minimum atomic E-state index is -4.37. The number of benzene rings is 1. The summed E-state index contributed by atoms with van der Waals surface area (Å²) < 4.78 is 40.5. The molecule has 2 rings (SSSR count). The molecule has 0 spiro atoms. The third kappa shape index (κ3) is 4.43. The van der Waals surface area contributed by atoms with Gasteiger partial charge in [0.2, 0.25) is 0 Å². The summed E-state index contributed by atoms with van der Waals surface area (Å²) in [5.74, 6) is 0. The van der Waals surface area contributed by atoms with Crippen molar-refractivity contribution in [3.8, 4) is 0 Å². The first-order chi connectivity index (χ1) is 10.0. The molecule has 1 saturated heterocycles.